The molecule has 0 spiro atoms. The fourth-order valence-electron chi connectivity index (χ4n) is 4.26. The van der Waals surface area contributed by atoms with Crippen molar-refractivity contribution in [3.63, 3.8) is 0 Å². The molecule has 0 atom stereocenters. The van der Waals surface area contributed by atoms with Gasteiger partial charge in [-0.15, -0.1) is 0 Å². The van der Waals surface area contributed by atoms with Crippen LogP contribution < -0.4 is 5.73 Å². The molecule has 0 radical (unpaired) electrons. The highest BCUT2D eigenvalue weighted by Crippen LogP contribution is 2.32. The zero-order valence-corrected chi connectivity index (χ0v) is 19.9. The molecule has 0 unspecified atom stereocenters. The van der Waals surface area contributed by atoms with Gasteiger partial charge < -0.3 is 5.73 Å². The molecule has 0 aliphatic rings. The number of anilines is 1. The lowest BCUT2D eigenvalue weighted by molar-refractivity contribution is -0.137. The van der Waals surface area contributed by atoms with Gasteiger partial charge in [0.2, 0.25) is 0 Å². The maximum Gasteiger partial charge on any atom is 0.416 e. The molecule has 5 aromatic carbocycles. The molecule has 0 fully saturated rings. The lowest BCUT2D eigenvalue weighted by Crippen LogP contribution is -2.03. The van der Waals surface area contributed by atoms with Gasteiger partial charge in [-0.05, 0) is 74.9 Å². The Hall–Kier alpha value is -4.57. The van der Waals surface area contributed by atoms with Crippen LogP contribution in [0.2, 0.25) is 0 Å². The second-order valence-electron chi connectivity index (χ2n) is 8.82. The minimum Gasteiger partial charge on any atom is -0.399 e. The molecule has 0 saturated heterocycles. The number of halogens is 3. The summed E-state index contributed by atoms with van der Waals surface area (Å²) in [6.07, 6.45) is -2.19. The van der Waals surface area contributed by atoms with Crippen LogP contribution in [0.4, 0.5) is 18.9 Å². The van der Waals surface area contributed by atoms with Crippen LogP contribution >= 0.6 is 0 Å². The van der Waals surface area contributed by atoms with E-state index in [1.54, 1.807) is 0 Å². The van der Waals surface area contributed by atoms with E-state index < -0.39 is 11.7 Å². The molecular weight excluding hydrogens is 467 g/mol. The molecule has 5 rings (SSSR count). The summed E-state index contributed by atoms with van der Waals surface area (Å²) in [4.78, 5) is 0. The Morgan fingerprint density at radius 3 is 1.46 bits per heavy atom. The standard InChI is InChI=1S/C33H24F3N/c34-33(35,36)30-18-14-26(15-19-30)25-10-12-29(13-11-25)32(28-4-2-1-3-5-28)22-23-6-8-24(9-7-23)27-16-20-31(37)21-17-27/h1-22H,37H2/b32-22+. The van der Waals surface area contributed by atoms with Crippen LogP contribution in [0, 0.1) is 0 Å². The van der Waals surface area contributed by atoms with Gasteiger partial charge in [-0.1, -0.05) is 103 Å². The molecule has 4 heteroatoms. The fraction of sp³-hybridized carbons (Fsp3) is 0.0303. The second-order valence-corrected chi connectivity index (χ2v) is 8.82. The number of nitrogen functional groups attached to an aromatic ring is 1. The molecule has 0 bridgehead atoms. The van der Waals surface area contributed by atoms with E-state index in [-0.39, 0.29) is 0 Å². The zero-order valence-electron chi connectivity index (χ0n) is 19.9. The van der Waals surface area contributed by atoms with Crippen molar-refractivity contribution in [3.8, 4) is 22.3 Å². The maximum atomic E-state index is 12.9. The Labute approximate surface area is 214 Å². The van der Waals surface area contributed by atoms with Gasteiger partial charge in [-0.25, -0.2) is 0 Å². The van der Waals surface area contributed by atoms with E-state index in [4.69, 9.17) is 5.73 Å². The summed E-state index contributed by atoms with van der Waals surface area (Å²) in [5.74, 6) is 0. The van der Waals surface area contributed by atoms with E-state index in [9.17, 15) is 13.2 Å². The largest absolute Gasteiger partial charge is 0.416 e. The summed E-state index contributed by atoms with van der Waals surface area (Å²) in [7, 11) is 0. The highest BCUT2D eigenvalue weighted by Gasteiger charge is 2.29. The first-order valence-electron chi connectivity index (χ1n) is 11.9. The van der Waals surface area contributed by atoms with Crippen LogP contribution in [-0.4, -0.2) is 0 Å². The summed E-state index contributed by atoms with van der Waals surface area (Å²) in [5, 5.41) is 0. The Balaban J connectivity index is 1.46. The number of nitrogens with two attached hydrogens (primary N) is 1. The molecule has 37 heavy (non-hydrogen) atoms. The van der Waals surface area contributed by atoms with Gasteiger partial charge in [0.15, 0.2) is 0 Å². The van der Waals surface area contributed by atoms with Crippen LogP contribution in [0.1, 0.15) is 22.3 Å². The average Bonchev–Trinajstić information content (AvgIpc) is 2.93. The van der Waals surface area contributed by atoms with Gasteiger partial charge in [0.05, 0.1) is 5.56 Å². The van der Waals surface area contributed by atoms with Gasteiger partial charge in [0.1, 0.15) is 0 Å². The first-order chi connectivity index (χ1) is 17.9. The van der Waals surface area contributed by atoms with Crippen LogP contribution in [0.3, 0.4) is 0 Å². The quantitative estimate of drug-likeness (QED) is 0.192. The third kappa shape index (κ3) is 5.65. The molecule has 1 nitrogen and oxygen atoms in total. The minimum atomic E-state index is -4.34. The maximum absolute atomic E-state index is 12.9. The number of rotatable bonds is 5. The van der Waals surface area contributed by atoms with Crippen LogP contribution in [-0.2, 0) is 6.18 Å². The van der Waals surface area contributed by atoms with Crippen LogP contribution in [0.5, 0.6) is 0 Å². The van der Waals surface area contributed by atoms with E-state index in [1.165, 1.54) is 12.1 Å². The molecule has 0 aromatic heterocycles. The normalized spacial score (nSPS) is 11.9. The molecule has 5 aromatic rings. The third-order valence-corrected chi connectivity index (χ3v) is 6.29. The smallest absolute Gasteiger partial charge is 0.399 e. The number of alkyl halides is 3. The summed E-state index contributed by atoms with van der Waals surface area (Å²) >= 11 is 0. The van der Waals surface area contributed by atoms with Crippen LogP contribution in [0.15, 0.2) is 127 Å². The summed E-state index contributed by atoms with van der Waals surface area (Å²) in [6.45, 7) is 0. The van der Waals surface area contributed by atoms with Crippen molar-refractivity contribution in [1.29, 1.82) is 0 Å². The van der Waals surface area contributed by atoms with Crippen molar-refractivity contribution >= 4 is 17.3 Å². The lowest BCUT2D eigenvalue weighted by atomic mass is 9.93. The lowest BCUT2D eigenvalue weighted by Gasteiger charge is -2.12. The predicted octanol–water partition coefficient (Wildman–Crippen LogP) is 9.21. The van der Waals surface area contributed by atoms with Crippen molar-refractivity contribution in [3.05, 3.63) is 150 Å². The highest BCUT2D eigenvalue weighted by atomic mass is 19.4. The zero-order chi connectivity index (χ0) is 25.8. The molecule has 0 amide bonds. The van der Waals surface area contributed by atoms with Crippen molar-refractivity contribution in [2.45, 2.75) is 6.18 Å². The third-order valence-electron chi connectivity index (χ3n) is 6.29. The van der Waals surface area contributed by atoms with Gasteiger partial charge in [0.25, 0.3) is 0 Å². The topological polar surface area (TPSA) is 26.0 Å². The summed E-state index contributed by atoms with van der Waals surface area (Å²) in [6, 6.07) is 39.4. The van der Waals surface area contributed by atoms with E-state index in [0.29, 0.717) is 0 Å². The highest BCUT2D eigenvalue weighted by molar-refractivity contribution is 5.92. The number of benzene rings is 5. The van der Waals surface area contributed by atoms with Gasteiger partial charge >= 0.3 is 6.18 Å². The van der Waals surface area contributed by atoms with E-state index in [0.717, 1.165) is 62.3 Å². The second kappa shape index (κ2) is 10.2. The predicted molar refractivity (Wildman–Crippen MR) is 147 cm³/mol. The Morgan fingerprint density at radius 1 is 0.514 bits per heavy atom. The molecule has 0 aliphatic carbocycles. The van der Waals surface area contributed by atoms with Crippen molar-refractivity contribution in [2.75, 3.05) is 5.73 Å². The Morgan fingerprint density at radius 2 is 0.946 bits per heavy atom. The number of hydrogen-bond acceptors (Lipinski definition) is 1. The van der Waals surface area contributed by atoms with E-state index in [1.807, 2.05) is 66.7 Å². The molecule has 0 aliphatic heterocycles. The fourth-order valence-corrected chi connectivity index (χ4v) is 4.26. The Kier molecular flexibility index (Phi) is 6.65. The molecular formula is C33H24F3N. The van der Waals surface area contributed by atoms with Crippen molar-refractivity contribution in [1.82, 2.24) is 0 Å². The van der Waals surface area contributed by atoms with E-state index in [2.05, 4.69) is 42.5 Å². The first-order valence-corrected chi connectivity index (χ1v) is 11.9. The van der Waals surface area contributed by atoms with Gasteiger partial charge in [0, 0.05) is 5.69 Å². The van der Waals surface area contributed by atoms with Gasteiger partial charge in [-0.2, -0.15) is 13.2 Å². The molecule has 2 N–H and O–H groups in total. The average molecular weight is 492 g/mol. The molecule has 182 valence electrons. The van der Waals surface area contributed by atoms with Crippen molar-refractivity contribution in [2.24, 2.45) is 0 Å². The molecule has 0 saturated carbocycles. The first kappa shape index (κ1) is 24.1. The van der Waals surface area contributed by atoms with Crippen molar-refractivity contribution < 1.29 is 13.2 Å². The number of hydrogen-bond donors (Lipinski definition) is 1. The summed E-state index contributed by atoms with van der Waals surface area (Å²) < 4.78 is 38.7. The van der Waals surface area contributed by atoms with E-state index >= 15 is 0 Å². The SMILES string of the molecule is Nc1ccc(-c2ccc(/C=C(\c3ccccc3)c3ccc(-c4ccc(C(F)(F)F)cc4)cc3)cc2)cc1. The minimum absolute atomic E-state index is 0.649. The summed E-state index contributed by atoms with van der Waals surface area (Å²) in [5.41, 5.74) is 13.9. The van der Waals surface area contributed by atoms with Gasteiger partial charge in [-0.3, -0.25) is 0 Å². The Bertz CT molecular complexity index is 1500. The monoisotopic (exact) mass is 491 g/mol. The van der Waals surface area contributed by atoms with Crippen LogP contribution in [0.25, 0.3) is 33.9 Å². The molecule has 0 heterocycles.